The number of rotatable bonds is 2. The van der Waals surface area contributed by atoms with Crippen molar-refractivity contribution in [3.63, 3.8) is 0 Å². The molecular weight excluding hydrogens is 266 g/mol. The molecular formula is C12H9F4NO2. The van der Waals surface area contributed by atoms with Crippen molar-refractivity contribution in [3.05, 3.63) is 35.3 Å². The molecule has 0 radical (unpaired) electrons. The van der Waals surface area contributed by atoms with E-state index >= 15 is 0 Å². The molecule has 2 aromatic rings. The van der Waals surface area contributed by atoms with E-state index in [4.69, 9.17) is 5.11 Å². The molecule has 0 spiro atoms. The minimum Gasteiger partial charge on any atom is -0.477 e. The van der Waals surface area contributed by atoms with E-state index in [-0.39, 0.29) is 23.1 Å². The van der Waals surface area contributed by atoms with E-state index in [1.54, 1.807) is 6.92 Å². The normalized spacial score (nSPS) is 12.1. The number of benzene rings is 1. The van der Waals surface area contributed by atoms with Crippen molar-refractivity contribution in [3.8, 4) is 0 Å². The molecule has 0 saturated carbocycles. The molecule has 0 aliphatic heterocycles. The van der Waals surface area contributed by atoms with Crippen molar-refractivity contribution in [2.75, 3.05) is 0 Å². The Kier molecular flexibility index (Phi) is 3.00. The number of carbonyl (C=O) groups is 1. The SMILES string of the molecule is CCn1c(C(=O)O)cc2c(F)cc(C(F)(F)F)cc21. The fourth-order valence-electron chi connectivity index (χ4n) is 2.00. The zero-order chi connectivity index (χ0) is 14.4. The summed E-state index contributed by atoms with van der Waals surface area (Å²) in [5, 5.41) is 8.82. The second kappa shape index (κ2) is 4.25. The number of halogens is 4. The van der Waals surface area contributed by atoms with Gasteiger partial charge in [0.25, 0.3) is 0 Å². The minimum atomic E-state index is -4.68. The van der Waals surface area contributed by atoms with Gasteiger partial charge in [-0.25, -0.2) is 9.18 Å². The average molecular weight is 275 g/mol. The van der Waals surface area contributed by atoms with E-state index in [0.717, 1.165) is 16.7 Å². The Morgan fingerprint density at radius 3 is 2.42 bits per heavy atom. The zero-order valence-corrected chi connectivity index (χ0v) is 9.75. The number of fused-ring (bicyclic) bond motifs is 1. The first-order valence-corrected chi connectivity index (χ1v) is 5.39. The smallest absolute Gasteiger partial charge is 0.416 e. The van der Waals surface area contributed by atoms with Crippen LogP contribution >= 0.6 is 0 Å². The Morgan fingerprint density at radius 2 is 1.95 bits per heavy atom. The van der Waals surface area contributed by atoms with Crippen molar-refractivity contribution in [1.82, 2.24) is 4.57 Å². The van der Waals surface area contributed by atoms with Crippen LogP contribution in [0.4, 0.5) is 17.6 Å². The Hall–Kier alpha value is -2.05. The number of alkyl halides is 3. The van der Waals surface area contributed by atoms with Crippen molar-refractivity contribution in [1.29, 1.82) is 0 Å². The van der Waals surface area contributed by atoms with Crippen LogP contribution in [0.3, 0.4) is 0 Å². The van der Waals surface area contributed by atoms with Crippen molar-refractivity contribution >= 4 is 16.9 Å². The molecule has 0 amide bonds. The third-order valence-electron chi connectivity index (χ3n) is 2.83. The average Bonchev–Trinajstić information content (AvgIpc) is 2.66. The van der Waals surface area contributed by atoms with Gasteiger partial charge in [-0.05, 0) is 25.1 Å². The molecule has 102 valence electrons. The summed E-state index contributed by atoms with van der Waals surface area (Å²) in [5.74, 6) is -2.40. The van der Waals surface area contributed by atoms with Gasteiger partial charge in [0.05, 0.1) is 11.1 Å². The maximum absolute atomic E-state index is 13.7. The number of aromatic nitrogens is 1. The van der Waals surface area contributed by atoms with E-state index in [9.17, 15) is 22.4 Å². The van der Waals surface area contributed by atoms with E-state index in [0.29, 0.717) is 6.07 Å². The van der Waals surface area contributed by atoms with Crippen LogP contribution in [0.1, 0.15) is 23.0 Å². The minimum absolute atomic E-state index is 0.0766. The third-order valence-corrected chi connectivity index (χ3v) is 2.83. The van der Waals surface area contributed by atoms with E-state index < -0.39 is 23.5 Å². The van der Waals surface area contributed by atoms with Crippen LogP contribution in [0, 0.1) is 5.82 Å². The number of hydrogen-bond acceptors (Lipinski definition) is 1. The first kappa shape index (κ1) is 13.4. The Bertz CT molecular complexity index is 658. The highest BCUT2D eigenvalue weighted by atomic mass is 19.4. The molecule has 0 saturated heterocycles. The molecule has 19 heavy (non-hydrogen) atoms. The molecule has 1 aromatic heterocycles. The predicted molar refractivity (Wildman–Crippen MR) is 59.5 cm³/mol. The standard InChI is InChI=1S/C12H9F4NO2/c1-2-17-9-4-6(12(14,15)16)3-8(13)7(9)5-10(17)11(18)19/h3-5H,2H2,1H3,(H,18,19). The van der Waals surface area contributed by atoms with Crippen LogP contribution in [-0.2, 0) is 12.7 Å². The van der Waals surface area contributed by atoms with Gasteiger partial charge in [0, 0.05) is 11.9 Å². The Labute approximate surface area is 105 Å². The molecule has 7 heteroatoms. The largest absolute Gasteiger partial charge is 0.477 e. The molecule has 0 bridgehead atoms. The maximum Gasteiger partial charge on any atom is 0.416 e. The molecule has 0 unspecified atom stereocenters. The third kappa shape index (κ3) is 2.16. The van der Waals surface area contributed by atoms with Crippen LogP contribution in [0.15, 0.2) is 18.2 Å². The van der Waals surface area contributed by atoms with E-state index in [2.05, 4.69) is 0 Å². The van der Waals surface area contributed by atoms with E-state index in [1.807, 2.05) is 0 Å². The maximum atomic E-state index is 13.7. The number of aryl methyl sites for hydroxylation is 1. The lowest BCUT2D eigenvalue weighted by Crippen LogP contribution is -2.08. The number of carboxylic acid groups (broad SMARTS) is 1. The van der Waals surface area contributed by atoms with Gasteiger partial charge in [-0.3, -0.25) is 0 Å². The lowest BCUT2D eigenvalue weighted by atomic mass is 10.1. The zero-order valence-electron chi connectivity index (χ0n) is 9.75. The summed E-state index contributed by atoms with van der Waals surface area (Å²) >= 11 is 0. The summed E-state index contributed by atoms with van der Waals surface area (Å²) in [4.78, 5) is 11.0. The summed E-state index contributed by atoms with van der Waals surface area (Å²) in [7, 11) is 0. The van der Waals surface area contributed by atoms with Crippen LogP contribution in [-0.4, -0.2) is 15.6 Å². The molecule has 1 N–H and O–H groups in total. The topological polar surface area (TPSA) is 42.2 Å². The van der Waals surface area contributed by atoms with Gasteiger partial charge in [-0.15, -0.1) is 0 Å². The summed E-state index contributed by atoms with van der Waals surface area (Å²) in [6.45, 7) is 1.70. The number of carboxylic acids is 1. The Morgan fingerprint density at radius 1 is 1.32 bits per heavy atom. The monoisotopic (exact) mass is 275 g/mol. The highest BCUT2D eigenvalue weighted by Gasteiger charge is 2.32. The number of aromatic carboxylic acids is 1. The Balaban J connectivity index is 2.83. The lowest BCUT2D eigenvalue weighted by Gasteiger charge is -2.09. The van der Waals surface area contributed by atoms with Crippen LogP contribution < -0.4 is 0 Å². The predicted octanol–water partition coefficient (Wildman–Crippen LogP) is 3.52. The highest BCUT2D eigenvalue weighted by molar-refractivity contribution is 5.95. The fraction of sp³-hybridized carbons (Fsp3) is 0.250. The second-order valence-corrected chi connectivity index (χ2v) is 3.97. The van der Waals surface area contributed by atoms with Crippen molar-refractivity contribution in [2.45, 2.75) is 19.6 Å². The van der Waals surface area contributed by atoms with Crippen LogP contribution in [0.5, 0.6) is 0 Å². The summed E-state index contributed by atoms with van der Waals surface area (Å²) < 4.78 is 52.6. The van der Waals surface area contributed by atoms with Gasteiger partial charge in [-0.1, -0.05) is 0 Å². The van der Waals surface area contributed by atoms with Crippen LogP contribution in [0.2, 0.25) is 0 Å². The quantitative estimate of drug-likeness (QED) is 0.852. The molecule has 0 aliphatic carbocycles. The highest BCUT2D eigenvalue weighted by Crippen LogP contribution is 2.34. The first-order chi connectivity index (χ1) is 8.75. The fourth-order valence-corrected chi connectivity index (χ4v) is 2.00. The second-order valence-electron chi connectivity index (χ2n) is 3.97. The summed E-state index contributed by atoms with van der Waals surface area (Å²) in [6, 6.07) is 2.17. The van der Waals surface area contributed by atoms with Gasteiger partial charge in [0.2, 0.25) is 0 Å². The number of nitrogens with zero attached hydrogens (tertiary/aromatic N) is 1. The molecule has 0 atom stereocenters. The lowest BCUT2D eigenvalue weighted by molar-refractivity contribution is -0.137. The molecule has 3 nitrogen and oxygen atoms in total. The summed E-state index contributed by atoms with van der Waals surface area (Å²) in [6.07, 6.45) is -4.68. The van der Waals surface area contributed by atoms with Gasteiger partial charge >= 0.3 is 12.1 Å². The molecule has 2 rings (SSSR count). The molecule has 1 aromatic carbocycles. The molecule has 0 aliphatic rings. The van der Waals surface area contributed by atoms with Crippen molar-refractivity contribution in [2.24, 2.45) is 0 Å². The molecule has 1 heterocycles. The van der Waals surface area contributed by atoms with Gasteiger partial charge in [0.15, 0.2) is 0 Å². The van der Waals surface area contributed by atoms with Gasteiger partial charge < -0.3 is 9.67 Å². The van der Waals surface area contributed by atoms with Gasteiger partial charge in [0.1, 0.15) is 11.5 Å². The van der Waals surface area contributed by atoms with Gasteiger partial charge in [-0.2, -0.15) is 13.2 Å². The summed E-state index contributed by atoms with van der Waals surface area (Å²) in [5.41, 5.74) is -1.45. The number of hydrogen-bond donors (Lipinski definition) is 1. The first-order valence-electron chi connectivity index (χ1n) is 5.39. The van der Waals surface area contributed by atoms with Crippen molar-refractivity contribution < 1.29 is 27.5 Å². The molecule has 0 fully saturated rings. The van der Waals surface area contributed by atoms with E-state index in [1.165, 1.54) is 0 Å². The van der Waals surface area contributed by atoms with Crippen LogP contribution in [0.25, 0.3) is 10.9 Å².